The number of anilines is 1. The van der Waals surface area contributed by atoms with Crippen LogP contribution in [0.2, 0.25) is 0 Å². The number of aromatic nitrogens is 1. The molecule has 26 heavy (non-hydrogen) atoms. The van der Waals surface area contributed by atoms with Gasteiger partial charge in [-0.15, -0.1) is 0 Å². The van der Waals surface area contributed by atoms with Gasteiger partial charge in [0, 0.05) is 25.5 Å². The van der Waals surface area contributed by atoms with E-state index in [0.717, 1.165) is 35.3 Å². The van der Waals surface area contributed by atoms with E-state index in [1.54, 1.807) is 7.11 Å². The lowest BCUT2D eigenvalue weighted by Gasteiger charge is -2.19. The molecule has 1 amide bonds. The maximum atomic E-state index is 13.1. The highest BCUT2D eigenvalue weighted by Gasteiger charge is 2.23. The van der Waals surface area contributed by atoms with Crippen LogP contribution < -0.4 is 10.7 Å². The van der Waals surface area contributed by atoms with E-state index >= 15 is 0 Å². The average molecular weight is 421 g/mol. The summed E-state index contributed by atoms with van der Waals surface area (Å²) in [5, 5.41) is 2.98. The molecule has 0 saturated heterocycles. The van der Waals surface area contributed by atoms with E-state index < -0.39 is 5.91 Å². The molecule has 0 atom stereocenters. The van der Waals surface area contributed by atoms with Crippen LogP contribution in [0.4, 0.5) is 5.69 Å². The molecule has 0 radical (unpaired) electrons. The molecule has 0 aliphatic heterocycles. The van der Waals surface area contributed by atoms with Crippen LogP contribution >= 0.6 is 15.9 Å². The third kappa shape index (κ3) is 3.76. The van der Waals surface area contributed by atoms with E-state index in [-0.39, 0.29) is 17.6 Å². The van der Waals surface area contributed by atoms with Gasteiger partial charge in [-0.05, 0) is 46.8 Å². The summed E-state index contributed by atoms with van der Waals surface area (Å²) in [6, 6.07) is 5.98. The monoisotopic (exact) mass is 420 g/mol. The standard InChI is InChI=1S/C20H25BrN2O3/c1-6-13-9-8-10-14(7-2)18(13)22-20(25)16-15(11-26-5)23(4)12(3)17(21)19(16)24/h8-10H,6-7,11H2,1-5H3,(H,22,25). The largest absolute Gasteiger partial charge is 0.378 e. The van der Waals surface area contributed by atoms with Gasteiger partial charge in [0.05, 0.1) is 16.8 Å². The minimum Gasteiger partial charge on any atom is -0.378 e. The zero-order chi connectivity index (χ0) is 19.4. The van der Waals surface area contributed by atoms with E-state index in [4.69, 9.17) is 4.74 Å². The minimum atomic E-state index is -0.408. The number of methoxy groups -OCH3 is 1. The van der Waals surface area contributed by atoms with E-state index in [1.807, 2.05) is 50.6 Å². The second-order valence-corrected chi connectivity index (χ2v) is 6.95. The summed E-state index contributed by atoms with van der Waals surface area (Å²) in [5.41, 5.74) is 3.99. The molecule has 140 valence electrons. The number of ether oxygens (including phenoxy) is 1. The summed E-state index contributed by atoms with van der Waals surface area (Å²) in [5.74, 6) is -0.408. The maximum Gasteiger partial charge on any atom is 0.261 e. The number of para-hydroxylation sites is 1. The van der Waals surface area contributed by atoms with Crippen molar-refractivity contribution in [2.45, 2.75) is 40.2 Å². The molecule has 0 bridgehead atoms. The fourth-order valence-corrected chi connectivity index (χ4v) is 3.51. The molecular weight excluding hydrogens is 396 g/mol. The van der Waals surface area contributed by atoms with Crippen LogP contribution in [0.5, 0.6) is 0 Å². The summed E-state index contributed by atoms with van der Waals surface area (Å²) >= 11 is 3.32. The molecule has 1 aromatic carbocycles. The van der Waals surface area contributed by atoms with Gasteiger partial charge < -0.3 is 14.6 Å². The number of hydrogen-bond donors (Lipinski definition) is 1. The van der Waals surface area contributed by atoms with Crippen LogP contribution in [0.3, 0.4) is 0 Å². The number of rotatable bonds is 6. The predicted molar refractivity (Wildman–Crippen MR) is 108 cm³/mol. The molecule has 0 saturated carbocycles. The zero-order valence-electron chi connectivity index (χ0n) is 15.9. The Morgan fingerprint density at radius 2 is 1.81 bits per heavy atom. The highest BCUT2D eigenvalue weighted by molar-refractivity contribution is 9.10. The van der Waals surface area contributed by atoms with Crippen molar-refractivity contribution < 1.29 is 9.53 Å². The van der Waals surface area contributed by atoms with E-state index in [2.05, 4.69) is 21.2 Å². The fraction of sp³-hybridized carbons (Fsp3) is 0.400. The van der Waals surface area contributed by atoms with Gasteiger partial charge in [0.2, 0.25) is 5.43 Å². The first-order valence-corrected chi connectivity index (χ1v) is 9.45. The summed E-state index contributed by atoms with van der Waals surface area (Å²) in [6.07, 6.45) is 1.59. The minimum absolute atomic E-state index is 0.111. The highest BCUT2D eigenvalue weighted by atomic mass is 79.9. The lowest BCUT2D eigenvalue weighted by Crippen LogP contribution is -2.29. The number of nitrogens with one attached hydrogen (secondary N) is 1. The second-order valence-electron chi connectivity index (χ2n) is 6.15. The van der Waals surface area contributed by atoms with Crippen LogP contribution in [0, 0.1) is 6.92 Å². The van der Waals surface area contributed by atoms with Gasteiger partial charge in [-0.3, -0.25) is 9.59 Å². The number of amides is 1. The Bertz CT molecular complexity index is 865. The molecule has 1 aromatic heterocycles. The topological polar surface area (TPSA) is 60.3 Å². The zero-order valence-corrected chi connectivity index (χ0v) is 17.5. The molecule has 0 spiro atoms. The molecular formula is C20H25BrN2O3. The Morgan fingerprint density at radius 1 is 1.23 bits per heavy atom. The maximum absolute atomic E-state index is 13.1. The number of benzene rings is 1. The molecule has 2 rings (SSSR count). The van der Waals surface area contributed by atoms with Gasteiger partial charge in [-0.2, -0.15) is 0 Å². The highest BCUT2D eigenvalue weighted by Crippen LogP contribution is 2.24. The molecule has 0 aliphatic rings. The smallest absolute Gasteiger partial charge is 0.261 e. The quantitative estimate of drug-likeness (QED) is 0.768. The van der Waals surface area contributed by atoms with Crippen LogP contribution in [-0.4, -0.2) is 17.6 Å². The third-order valence-electron chi connectivity index (χ3n) is 4.69. The number of carbonyl (C=O) groups is 1. The van der Waals surface area contributed by atoms with Gasteiger partial charge in [-0.25, -0.2) is 0 Å². The van der Waals surface area contributed by atoms with Crippen molar-refractivity contribution in [3.05, 3.63) is 61.0 Å². The van der Waals surface area contributed by atoms with Gasteiger partial charge >= 0.3 is 0 Å². The van der Waals surface area contributed by atoms with Crippen LogP contribution in [0.1, 0.15) is 46.7 Å². The van der Waals surface area contributed by atoms with Crippen molar-refractivity contribution in [3.8, 4) is 0 Å². The Morgan fingerprint density at radius 3 is 2.31 bits per heavy atom. The third-order valence-corrected chi connectivity index (χ3v) is 5.62. The first-order valence-electron chi connectivity index (χ1n) is 8.66. The van der Waals surface area contributed by atoms with Gasteiger partial charge in [0.1, 0.15) is 5.56 Å². The first kappa shape index (κ1) is 20.4. The number of carbonyl (C=O) groups excluding carboxylic acids is 1. The average Bonchev–Trinajstić information content (AvgIpc) is 2.64. The van der Waals surface area contributed by atoms with Crippen LogP contribution in [0.15, 0.2) is 27.5 Å². The van der Waals surface area contributed by atoms with E-state index in [9.17, 15) is 9.59 Å². The van der Waals surface area contributed by atoms with Crippen LogP contribution in [0.25, 0.3) is 0 Å². The Hall–Kier alpha value is -1.92. The second kappa shape index (κ2) is 8.64. The van der Waals surface area contributed by atoms with Gasteiger partial charge in [0.15, 0.2) is 0 Å². The number of halogens is 1. The van der Waals surface area contributed by atoms with Crippen molar-refractivity contribution in [2.24, 2.45) is 7.05 Å². The first-order chi connectivity index (χ1) is 12.4. The lowest BCUT2D eigenvalue weighted by molar-refractivity contribution is 0.101. The lowest BCUT2D eigenvalue weighted by atomic mass is 10.0. The van der Waals surface area contributed by atoms with Crippen molar-refractivity contribution in [3.63, 3.8) is 0 Å². The van der Waals surface area contributed by atoms with E-state index in [0.29, 0.717) is 10.2 Å². The molecule has 0 aliphatic carbocycles. The van der Waals surface area contributed by atoms with Gasteiger partial charge in [0.25, 0.3) is 5.91 Å². The number of nitrogens with zero attached hydrogens (tertiary/aromatic N) is 1. The van der Waals surface area contributed by atoms with E-state index in [1.165, 1.54) is 0 Å². The van der Waals surface area contributed by atoms with Crippen molar-refractivity contribution in [2.75, 3.05) is 12.4 Å². The summed E-state index contributed by atoms with van der Waals surface area (Å²) in [4.78, 5) is 25.9. The van der Waals surface area contributed by atoms with Crippen molar-refractivity contribution in [1.82, 2.24) is 4.57 Å². The molecule has 5 nitrogen and oxygen atoms in total. The summed E-state index contributed by atoms with van der Waals surface area (Å²) in [7, 11) is 3.37. The summed E-state index contributed by atoms with van der Waals surface area (Å²) in [6.45, 7) is 6.09. The molecule has 6 heteroatoms. The molecule has 0 fully saturated rings. The van der Waals surface area contributed by atoms with Gasteiger partial charge in [-0.1, -0.05) is 32.0 Å². The Labute approximate surface area is 162 Å². The predicted octanol–water partition coefficient (Wildman–Crippen LogP) is 3.98. The molecule has 0 unspecified atom stereocenters. The molecule has 2 aromatic rings. The normalized spacial score (nSPS) is 10.8. The fourth-order valence-electron chi connectivity index (χ4n) is 3.04. The number of hydrogen-bond acceptors (Lipinski definition) is 3. The SMILES string of the molecule is CCc1cccc(CC)c1NC(=O)c1c(COC)n(C)c(C)c(Br)c1=O. The summed E-state index contributed by atoms with van der Waals surface area (Å²) < 4.78 is 7.44. The van der Waals surface area contributed by atoms with Crippen LogP contribution in [-0.2, 0) is 31.2 Å². The van der Waals surface area contributed by atoms with Crippen molar-refractivity contribution >= 4 is 27.5 Å². The molecule has 1 heterocycles. The number of aryl methyl sites for hydroxylation is 2. The Balaban J connectivity index is 2.60. The number of pyridine rings is 1. The Kier molecular flexibility index (Phi) is 6.78. The molecule has 1 N–H and O–H groups in total. The van der Waals surface area contributed by atoms with Crippen molar-refractivity contribution in [1.29, 1.82) is 0 Å².